The lowest BCUT2D eigenvalue weighted by Crippen LogP contribution is -2.12. The highest BCUT2D eigenvalue weighted by Crippen LogP contribution is 2.09. The van der Waals surface area contributed by atoms with Gasteiger partial charge in [-0.3, -0.25) is 4.79 Å². The molecule has 0 spiro atoms. The van der Waals surface area contributed by atoms with Crippen molar-refractivity contribution in [3.05, 3.63) is 35.9 Å². The van der Waals surface area contributed by atoms with Crippen LogP contribution in [0.3, 0.4) is 0 Å². The van der Waals surface area contributed by atoms with Crippen molar-refractivity contribution >= 4 is 21.1 Å². The van der Waals surface area contributed by atoms with Crippen LogP contribution in [0.15, 0.2) is 30.3 Å². The molecule has 0 amide bonds. The fourth-order valence-corrected chi connectivity index (χ4v) is 2.83. The number of ether oxygens (including phenoxy) is 1. The highest BCUT2D eigenvalue weighted by atomic mass is 32.2. The largest absolute Gasteiger partial charge is 0.461 e. The molecule has 4 nitrogen and oxygen atoms in total. The van der Waals surface area contributed by atoms with E-state index in [0.717, 1.165) is 24.8 Å². The highest BCUT2D eigenvalue weighted by molar-refractivity contribution is 7.73. The first-order valence-corrected chi connectivity index (χ1v) is 9.34. The quantitative estimate of drug-likeness (QED) is 0.348. The van der Waals surface area contributed by atoms with E-state index in [0.29, 0.717) is 6.42 Å². The van der Waals surface area contributed by atoms with Crippen LogP contribution in [0.2, 0.25) is 0 Å². The summed E-state index contributed by atoms with van der Waals surface area (Å²) in [4.78, 5) is 12.0. The Morgan fingerprint density at radius 3 is 2.30 bits per heavy atom. The van der Waals surface area contributed by atoms with Crippen molar-refractivity contribution in [2.45, 2.75) is 64.9 Å². The molecule has 23 heavy (non-hydrogen) atoms. The van der Waals surface area contributed by atoms with Crippen LogP contribution in [0.1, 0.15) is 63.9 Å². The fraction of sp³-hybridized carbons (Fsp3) is 0.556. The predicted molar refractivity (Wildman–Crippen MR) is 92.8 cm³/mol. The number of carbonyl (C=O) groups excluding carboxylic acids is 1. The first kappa shape index (κ1) is 19.4. The molecule has 0 aromatic heterocycles. The van der Waals surface area contributed by atoms with Gasteiger partial charge in [-0.15, -0.1) is 0 Å². The Balaban J connectivity index is 2.32. The zero-order valence-corrected chi connectivity index (χ0v) is 14.6. The molecule has 0 atom stereocenters. The zero-order valence-electron chi connectivity index (χ0n) is 13.8. The van der Waals surface area contributed by atoms with Crippen LogP contribution in [0.25, 0.3) is 0 Å². The van der Waals surface area contributed by atoms with Crippen LogP contribution in [-0.4, -0.2) is 19.3 Å². The van der Waals surface area contributed by atoms with Crippen LogP contribution in [-0.2, 0) is 26.4 Å². The van der Waals surface area contributed by atoms with E-state index in [2.05, 4.69) is 6.92 Å². The molecule has 128 valence electrons. The second-order valence-corrected chi connectivity index (χ2v) is 6.66. The monoisotopic (exact) mass is 338 g/mol. The molecular weight excluding hydrogens is 312 g/mol. The van der Waals surface area contributed by atoms with Crippen LogP contribution in [0.5, 0.6) is 0 Å². The minimum Gasteiger partial charge on any atom is -0.461 e. The van der Waals surface area contributed by atoms with E-state index in [4.69, 9.17) is 4.74 Å². The molecule has 1 rings (SSSR count). The fourth-order valence-electron chi connectivity index (χ4n) is 2.28. The number of hydrogen-bond donors (Lipinski definition) is 0. The molecule has 1 aromatic rings. The third kappa shape index (κ3) is 9.18. The predicted octanol–water partition coefficient (Wildman–Crippen LogP) is 3.92. The van der Waals surface area contributed by atoms with Gasteiger partial charge in [0.2, 0.25) is 10.3 Å². The summed E-state index contributed by atoms with van der Waals surface area (Å²) in [5.41, 5.74) is 0.890. The van der Waals surface area contributed by atoms with Crippen molar-refractivity contribution < 1.29 is 17.9 Å². The Morgan fingerprint density at radius 1 is 1.00 bits per heavy atom. The van der Waals surface area contributed by atoms with E-state index in [1.54, 1.807) is 0 Å². The van der Waals surface area contributed by atoms with E-state index in [1.807, 2.05) is 30.3 Å². The van der Waals surface area contributed by atoms with Gasteiger partial charge in [0.15, 0.2) is 0 Å². The van der Waals surface area contributed by atoms with Gasteiger partial charge in [-0.1, -0.05) is 69.4 Å². The highest BCUT2D eigenvalue weighted by Gasteiger charge is 2.11. The van der Waals surface area contributed by atoms with Gasteiger partial charge in [-0.2, -0.15) is 8.42 Å². The lowest BCUT2D eigenvalue weighted by Gasteiger charge is -2.06. The molecule has 5 heteroatoms. The first-order valence-electron chi connectivity index (χ1n) is 8.27. The number of hydrogen-bond acceptors (Lipinski definition) is 4. The number of benzene rings is 1. The Labute approximate surface area is 140 Å². The molecule has 0 aliphatic rings. The average molecular weight is 338 g/mol. The molecule has 0 radical (unpaired) electrons. The normalized spacial score (nSPS) is 10.3. The number of carbonyl (C=O) groups is 1. The second kappa shape index (κ2) is 11.9. The van der Waals surface area contributed by atoms with Crippen LogP contribution < -0.4 is 0 Å². The van der Waals surface area contributed by atoms with E-state index in [-0.39, 0.29) is 17.9 Å². The molecule has 0 saturated heterocycles. The summed E-state index contributed by atoms with van der Waals surface area (Å²) in [5, 5.41) is 0. The van der Waals surface area contributed by atoms with Crippen molar-refractivity contribution in [3.63, 3.8) is 0 Å². The Morgan fingerprint density at radius 2 is 1.65 bits per heavy atom. The molecule has 0 saturated carbocycles. The first-order chi connectivity index (χ1) is 11.1. The molecule has 0 heterocycles. The number of unbranched alkanes of at least 4 members (excludes halogenated alkanes) is 5. The molecule has 0 N–H and O–H groups in total. The molecule has 0 unspecified atom stereocenters. The van der Waals surface area contributed by atoms with Gasteiger partial charge < -0.3 is 4.74 Å². The average Bonchev–Trinajstić information content (AvgIpc) is 2.55. The molecular formula is C18H26O4S. The van der Waals surface area contributed by atoms with Gasteiger partial charge in [0, 0.05) is 0 Å². The summed E-state index contributed by atoms with van der Waals surface area (Å²) < 4.78 is 27.6. The van der Waals surface area contributed by atoms with Crippen molar-refractivity contribution in [2.75, 3.05) is 0 Å². The standard InChI is InChI=1S/C18H26O4S/c1-2-3-4-5-6-10-13-17(23(20)21)14-18(19)22-15-16-11-8-7-9-12-16/h7-9,11-12H,2-6,10,13-15H2,1H3. The van der Waals surface area contributed by atoms with Crippen LogP contribution >= 0.6 is 0 Å². The van der Waals surface area contributed by atoms with Crippen molar-refractivity contribution in [1.82, 2.24) is 0 Å². The van der Waals surface area contributed by atoms with Crippen LogP contribution in [0.4, 0.5) is 0 Å². The third-order valence-electron chi connectivity index (χ3n) is 3.63. The maximum absolute atomic E-state index is 11.8. The van der Waals surface area contributed by atoms with Crippen molar-refractivity contribution in [2.24, 2.45) is 0 Å². The Kier molecular flexibility index (Phi) is 10.0. The van der Waals surface area contributed by atoms with E-state index in [1.165, 1.54) is 19.3 Å². The Bertz CT molecular complexity index is 583. The lowest BCUT2D eigenvalue weighted by molar-refractivity contribution is -0.143. The lowest BCUT2D eigenvalue weighted by atomic mass is 10.1. The van der Waals surface area contributed by atoms with Gasteiger partial charge in [0.1, 0.15) is 6.61 Å². The molecule has 0 aliphatic heterocycles. The summed E-state index contributed by atoms with van der Waals surface area (Å²) in [6, 6.07) is 9.34. The van der Waals surface area contributed by atoms with Crippen molar-refractivity contribution in [3.8, 4) is 0 Å². The zero-order chi connectivity index (χ0) is 16.9. The minimum atomic E-state index is -2.31. The molecule has 0 bridgehead atoms. The van der Waals surface area contributed by atoms with Gasteiger partial charge >= 0.3 is 5.97 Å². The number of rotatable bonds is 11. The van der Waals surface area contributed by atoms with E-state index < -0.39 is 16.3 Å². The second-order valence-electron chi connectivity index (χ2n) is 5.61. The van der Waals surface area contributed by atoms with Gasteiger partial charge in [0.05, 0.1) is 11.3 Å². The van der Waals surface area contributed by atoms with Crippen molar-refractivity contribution in [1.29, 1.82) is 0 Å². The van der Waals surface area contributed by atoms with Crippen LogP contribution in [0, 0.1) is 0 Å². The van der Waals surface area contributed by atoms with Gasteiger partial charge in [-0.25, -0.2) is 0 Å². The van der Waals surface area contributed by atoms with Gasteiger partial charge in [-0.05, 0) is 18.4 Å². The maximum Gasteiger partial charge on any atom is 0.311 e. The summed E-state index contributed by atoms with van der Waals surface area (Å²) in [5.74, 6) is -0.487. The number of esters is 1. The third-order valence-corrected chi connectivity index (χ3v) is 4.45. The summed E-state index contributed by atoms with van der Waals surface area (Å²) in [6.07, 6.45) is 6.82. The minimum absolute atomic E-state index is 0.141. The topological polar surface area (TPSA) is 60.4 Å². The molecule has 0 aliphatic carbocycles. The smallest absolute Gasteiger partial charge is 0.311 e. The van der Waals surface area contributed by atoms with E-state index in [9.17, 15) is 13.2 Å². The van der Waals surface area contributed by atoms with E-state index >= 15 is 0 Å². The molecule has 1 aromatic carbocycles. The van der Waals surface area contributed by atoms with Gasteiger partial charge in [0.25, 0.3) is 0 Å². The Hall–Kier alpha value is -1.62. The summed E-state index contributed by atoms with van der Waals surface area (Å²) in [6.45, 7) is 2.34. The SMILES string of the molecule is CCCCCCCCC(CC(=O)OCc1ccccc1)=S(=O)=O. The maximum atomic E-state index is 11.8. The summed E-state index contributed by atoms with van der Waals surface area (Å²) >= 11 is 0. The summed E-state index contributed by atoms with van der Waals surface area (Å²) in [7, 11) is -2.31. The molecule has 0 fully saturated rings.